The summed E-state index contributed by atoms with van der Waals surface area (Å²) in [5.41, 5.74) is 3.25. The number of ether oxygens (including phenoxy) is 1. The molecule has 4 amide bonds. The molecule has 3 aromatic carbocycles. The zero-order chi connectivity index (χ0) is 24.1. The number of imide groups is 2. The Bertz CT molecular complexity index is 1280. The molecule has 1 fully saturated rings. The van der Waals surface area contributed by atoms with Gasteiger partial charge >= 0.3 is 6.03 Å². The zero-order valence-corrected chi connectivity index (χ0v) is 18.5. The topological polar surface area (TPSA) is 113 Å². The van der Waals surface area contributed by atoms with Gasteiger partial charge in [-0.3, -0.25) is 19.9 Å². The average Bonchev–Trinajstić information content (AvgIpc) is 2.84. The predicted molar refractivity (Wildman–Crippen MR) is 127 cm³/mol. The summed E-state index contributed by atoms with van der Waals surface area (Å²) in [4.78, 5) is 42.8. The Morgan fingerprint density at radius 3 is 2.09 bits per heavy atom. The lowest BCUT2D eigenvalue weighted by Crippen LogP contribution is -2.58. The van der Waals surface area contributed by atoms with Gasteiger partial charge in [0.25, 0.3) is 5.91 Å². The van der Waals surface area contributed by atoms with Crippen LogP contribution in [0.25, 0.3) is 0 Å². The fourth-order valence-corrected chi connectivity index (χ4v) is 3.26. The molecule has 4 rings (SSSR count). The third kappa shape index (κ3) is 4.88. The van der Waals surface area contributed by atoms with E-state index in [0.717, 1.165) is 16.2 Å². The van der Waals surface area contributed by atoms with Crippen LogP contribution in [-0.2, 0) is 9.59 Å². The van der Waals surface area contributed by atoms with Gasteiger partial charge in [-0.15, -0.1) is 0 Å². The molecule has 1 saturated heterocycles. The van der Waals surface area contributed by atoms with Gasteiger partial charge in [-0.05, 0) is 55.5 Å². The van der Waals surface area contributed by atoms with Gasteiger partial charge in [0.1, 0.15) is 5.75 Å². The maximum atomic E-state index is 13.0. The summed E-state index contributed by atoms with van der Waals surface area (Å²) >= 11 is 0. The molecule has 0 saturated carbocycles. The third-order valence-electron chi connectivity index (χ3n) is 5.07. The minimum atomic E-state index is -1.27. The maximum absolute atomic E-state index is 13.0. The number of benzene rings is 3. The molecular weight excluding hydrogens is 434 g/mol. The largest absolute Gasteiger partial charge is 0.495 e. The van der Waals surface area contributed by atoms with Crippen LogP contribution in [0.2, 0.25) is 0 Å². The van der Waals surface area contributed by atoms with Crippen LogP contribution in [-0.4, -0.2) is 31.2 Å². The van der Waals surface area contributed by atoms with Gasteiger partial charge in [-0.25, -0.2) is 9.69 Å². The van der Waals surface area contributed by atoms with Crippen LogP contribution in [0.4, 0.5) is 27.5 Å². The Balaban J connectivity index is 1.49. The summed E-state index contributed by atoms with van der Waals surface area (Å²) in [7, 11) is 1.43. The van der Waals surface area contributed by atoms with E-state index in [1.165, 1.54) is 13.3 Å². The molecule has 1 aliphatic heterocycles. The molecule has 0 unspecified atom stereocenters. The van der Waals surface area contributed by atoms with Gasteiger partial charge in [0.15, 0.2) is 5.92 Å². The summed E-state index contributed by atoms with van der Waals surface area (Å²) in [6.07, 6.45) is 1.22. The number of amides is 4. The highest BCUT2D eigenvalue weighted by Gasteiger charge is 2.41. The normalized spacial score (nSPS) is 16.4. The average molecular weight is 455 g/mol. The number of carbonyl (C=O) groups excluding carboxylic acids is 3. The Morgan fingerprint density at radius 1 is 0.853 bits per heavy atom. The van der Waals surface area contributed by atoms with Crippen molar-refractivity contribution in [2.45, 2.75) is 6.92 Å². The number of aryl methyl sites for hydroxylation is 1. The Morgan fingerprint density at radius 2 is 1.44 bits per heavy atom. The van der Waals surface area contributed by atoms with Crippen LogP contribution in [0.5, 0.6) is 5.75 Å². The Labute approximate surface area is 195 Å². The zero-order valence-electron chi connectivity index (χ0n) is 18.5. The number of para-hydroxylation sites is 2. The first-order valence-corrected chi connectivity index (χ1v) is 10.4. The number of hydrogen-bond donors (Lipinski definition) is 1. The quantitative estimate of drug-likeness (QED) is 0.319. The van der Waals surface area contributed by atoms with E-state index in [0.29, 0.717) is 17.1 Å². The molecular formula is C25H21N5O4. The second-order valence-electron chi connectivity index (χ2n) is 7.45. The van der Waals surface area contributed by atoms with E-state index in [-0.39, 0.29) is 5.69 Å². The van der Waals surface area contributed by atoms with Crippen LogP contribution < -0.4 is 15.0 Å². The second-order valence-corrected chi connectivity index (χ2v) is 7.45. The van der Waals surface area contributed by atoms with E-state index in [4.69, 9.17) is 4.74 Å². The highest BCUT2D eigenvalue weighted by atomic mass is 16.5. The Kier molecular flexibility index (Phi) is 6.54. The molecule has 1 atom stereocenters. The lowest BCUT2D eigenvalue weighted by Gasteiger charge is -2.29. The highest BCUT2D eigenvalue weighted by Crippen LogP contribution is 2.30. The first-order chi connectivity index (χ1) is 16.5. The number of rotatable bonds is 6. The molecule has 170 valence electrons. The van der Waals surface area contributed by atoms with Crippen LogP contribution >= 0.6 is 0 Å². The van der Waals surface area contributed by atoms with Crippen LogP contribution in [0, 0.1) is 12.8 Å². The van der Waals surface area contributed by atoms with Crippen molar-refractivity contribution < 1.29 is 19.1 Å². The fourth-order valence-electron chi connectivity index (χ4n) is 3.26. The van der Waals surface area contributed by atoms with Crippen LogP contribution in [0.15, 0.2) is 88.0 Å². The first kappa shape index (κ1) is 22.5. The number of barbiturate groups is 1. The number of urea groups is 1. The summed E-state index contributed by atoms with van der Waals surface area (Å²) < 4.78 is 5.24. The van der Waals surface area contributed by atoms with Crippen molar-refractivity contribution in [1.29, 1.82) is 0 Å². The van der Waals surface area contributed by atoms with Gasteiger partial charge in [0.05, 0.1) is 29.9 Å². The maximum Gasteiger partial charge on any atom is 0.335 e. The van der Waals surface area contributed by atoms with E-state index >= 15 is 0 Å². The lowest BCUT2D eigenvalue weighted by atomic mass is 10.1. The molecule has 0 aromatic heterocycles. The minimum absolute atomic E-state index is 0.238. The molecule has 9 nitrogen and oxygen atoms in total. The van der Waals surface area contributed by atoms with Crippen molar-refractivity contribution >= 4 is 46.8 Å². The van der Waals surface area contributed by atoms with E-state index < -0.39 is 23.8 Å². The molecule has 9 heteroatoms. The minimum Gasteiger partial charge on any atom is -0.495 e. The van der Waals surface area contributed by atoms with Crippen molar-refractivity contribution in [3.8, 4) is 5.75 Å². The fraction of sp³-hybridized carbons (Fsp3) is 0.120. The number of aliphatic imine (C=N–C) groups is 1. The standard InChI is InChI=1S/C25H21N5O4/c1-16-7-9-18(10-8-16)28-29-19-13-11-17(12-14-19)26-15-20-23(31)27-25(33)30(24(20)32)21-5-3-4-6-22(21)34-2/h3-15,20H,1-2H3,(H,27,31,33)/t20-/m0/s1. The number of methoxy groups -OCH3 is 1. The van der Waals surface area contributed by atoms with Crippen molar-refractivity contribution in [3.05, 3.63) is 78.4 Å². The number of nitrogens with zero attached hydrogens (tertiary/aromatic N) is 4. The van der Waals surface area contributed by atoms with Gasteiger partial charge in [0, 0.05) is 6.21 Å². The van der Waals surface area contributed by atoms with E-state index in [1.54, 1.807) is 48.5 Å². The summed E-state index contributed by atoms with van der Waals surface area (Å²) in [6, 6.07) is 20.2. The van der Waals surface area contributed by atoms with Gasteiger partial charge < -0.3 is 4.74 Å². The van der Waals surface area contributed by atoms with E-state index in [1.807, 2.05) is 31.2 Å². The van der Waals surface area contributed by atoms with Crippen molar-refractivity contribution in [3.63, 3.8) is 0 Å². The first-order valence-electron chi connectivity index (χ1n) is 10.4. The molecule has 1 heterocycles. The smallest absolute Gasteiger partial charge is 0.335 e. The summed E-state index contributed by atoms with van der Waals surface area (Å²) in [5.74, 6) is -2.41. The number of azo groups is 1. The molecule has 3 aromatic rings. The lowest BCUT2D eigenvalue weighted by molar-refractivity contribution is -0.131. The third-order valence-corrected chi connectivity index (χ3v) is 5.07. The van der Waals surface area contributed by atoms with E-state index in [9.17, 15) is 14.4 Å². The number of hydrogen-bond acceptors (Lipinski definition) is 7. The molecule has 1 N–H and O–H groups in total. The van der Waals surface area contributed by atoms with Crippen LogP contribution in [0.3, 0.4) is 0 Å². The van der Waals surface area contributed by atoms with Gasteiger partial charge in [-0.2, -0.15) is 10.2 Å². The Hall–Kier alpha value is -4.66. The number of carbonyl (C=O) groups is 3. The number of nitrogens with one attached hydrogen (secondary N) is 1. The second kappa shape index (κ2) is 9.86. The van der Waals surface area contributed by atoms with Gasteiger partial charge in [-0.1, -0.05) is 29.8 Å². The van der Waals surface area contributed by atoms with Crippen LogP contribution in [0.1, 0.15) is 5.56 Å². The van der Waals surface area contributed by atoms with Crippen molar-refractivity contribution in [2.24, 2.45) is 21.1 Å². The molecule has 0 bridgehead atoms. The molecule has 1 aliphatic rings. The van der Waals surface area contributed by atoms with Crippen molar-refractivity contribution in [2.75, 3.05) is 12.0 Å². The summed E-state index contributed by atoms with van der Waals surface area (Å²) in [5, 5.41) is 10.6. The highest BCUT2D eigenvalue weighted by molar-refractivity contribution is 6.33. The molecule has 0 spiro atoms. The SMILES string of the molecule is COc1ccccc1N1C(=O)NC(=O)[C@H](C=Nc2ccc(N=Nc3ccc(C)cc3)cc2)C1=O. The molecule has 0 aliphatic carbocycles. The summed E-state index contributed by atoms with van der Waals surface area (Å²) in [6.45, 7) is 2.00. The predicted octanol–water partition coefficient (Wildman–Crippen LogP) is 5.02. The van der Waals surface area contributed by atoms with Gasteiger partial charge in [0.2, 0.25) is 5.91 Å². The molecule has 34 heavy (non-hydrogen) atoms. The molecule has 0 radical (unpaired) electrons. The van der Waals surface area contributed by atoms with E-state index in [2.05, 4.69) is 20.5 Å². The monoisotopic (exact) mass is 455 g/mol. The number of anilines is 1. The van der Waals surface area contributed by atoms with Crippen molar-refractivity contribution in [1.82, 2.24) is 5.32 Å².